The largest absolute Gasteiger partial charge is 0.376 e. The Balaban J connectivity index is 2.61. The summed E-state index contributed by atoms with van der Waals surface area (Å²) in [5.74, 6) is 0. The van der Waals surface area contributed by atoms with Crippen LogP contribution in [0.15, 0.2) is 78.0 Å². The van der Waals surface area contributed by atoms with Crippen molar-refractivity contribution in [1.82, 2.24) is 0 Å². The van der Waals surface area contributed by atoms with Crippen molar-refractivity contribution in [2.45, 2.75) is 19.4 Å². The van der Waals surface area contributed by atoms with Gasteiger partial charge in [0, 0.05) is 0 Å². The number of benzene rings is 2. The van der Waals surface area contributed by atoms with Crippen molar-refractivity contribution in [3.63, 3.8) is 0 Å². The highest BCUT2D eigenvalue weighted by molar-refractivity contribution is 5.40. The van der Waals surface area contributed by atoms with E-state index in [4.69, 9.17) is 0 Å². The molecular formula is C18H18O. The van der Waals surface area contributed by atoms with E-state index in [1.807, 2.05) is 74.5 Å². The summed E-state index contributed by atoms with van der Waals surface area (Å²) in [4.78, 5) is 0. The van der Waals surface area contributed by atoms with Crippen LogP contribution in [0.4, 0.5) is 0 Å². The van der Waals surface area contributed by atoms with Gasteiger partial charge in [-0.25, -0.2) is 0 Å². The third kappa shape index (κ3) is 3.03. The van der Waals surface area contributed by atoms with Crippen LogP contribution in [0.3, 0.4) is 0 Å². The molecule has 2 aromatic carbocycles. The second kappa shape index (κ2) is 5.71. The molecule has 0 fully saturated rings. The Bertz CT molecular complexity index is 547. The molecule has 0 saturated carbocycles. The molecule has 0 radical (unpaired) electrons. The maximum atomic E-state index is 11.1. The van der Waals surface area contributed by atoms with Gasteiger partial charge in [-0.3, -0.25) is 0 Å². The average molecular weight is 250 g/mol. The molecule has 0 aliphatic heterocycles. The summed E-state index contributed by atoms with van der Waals surface area (Å²) in [6.07, 6.45) is 1.73. The third-order valence-electron chi connectivity index (χ3n) is 3.00. The minimum absolute atomic E-state index is 0.843. The van der Waals surface area contributed by atoms with Crippen molar-refractivity contribution in [3.05, 3.63) is 89.2 Å². The predicted molar refractivity (Wildman–Crippen MR) is 78.8 cm³/mol. The van der Waals surface area contributed by atoms with Gasteiger partial charge in [0.25, 0.3) is 0 Å². The number of aliphatic hydroxyl groups is 1. The molecule has 0 amide bonds. The molecule has 0 aliphatic rings. The molecule has 0 aliphatic carbocycles. The van der Waals surface area contributed by atoms with E-state index in [-0.39, 0.29) is 0 Å². The van der Waals surface area contributed by atoms with Gasteiger partial charge >= 0.3 is 0 Å². The van der Waals surface area contributed by atoms with Crippen LogP contribution in [0, 0.1) is 0 Å². The van der Waals surface area contributed by atoms with Gasteiger partial charge in [0.2, 0.25) is 0 Å². The first-order chi connectivity index (χ1) is 9.13. The zero-order chi connectivity index (χ0) is 13.7. The second-order valence-corrected chi connectivity index (χ2v) is 4.79. The third-order valence-corrected chi connectivity index (χ3v) is 3.00. The highest BCUT2D eigenvalue weighted by atomic mass is 16.3. The van der Waals surface area contributed by atoms with E-state index in [1.165, 1.54) is 0 Å². The quantitative estimate of drug-likeness (QED) is 0.815. The smallest absolute Gasteiger partial charge is 0.141 e. The average Bonchev–Trinajstić information content (AvgIpc) is 2.46. The summed E-state index contributed by atoms with van der Waals surface area (Å²) < 4.78 is 0. The molecular weight excluding hydrogens is 232 g/mol. The maximum Gasteiger partial charge on any atom is 0.141 e. The van der Waals surface area contributed by atoms with E-state index in [2.05, 4.69) is 5.73 Å². The van der Waals surface area contributed by atoms with Gasteiger partial charge < -0.3 is 5.11 Å². The van der Waals surface area contributed by atoms with Gasteiger partial charge in [-0.2, -0.15) is 0 Å². The first-order valence-corrected chi connectivity index (χ1v) is 6.37. The molecule has 0 bridgehead atoms. The molecule has 0 spiro atoms. The summed E-state index contributed by atoms with van der Waals surface area (Å²) in [5.41, 5.74) is 4.70. The van der Waals surface area contributed by atoms with E-state index >= 15 is 0 Å². The Hall–Kier alpha value is -2.08. The molecule has 19 heavy (non-hydrogen) atoms. The molecule has 0 heterocycles. The predicted octanol–water partition coefficient (Wildman–Crippen LogP) is 4.04. The fourth-order valence-corrected chi connectivity index (χ4v) is 1.97. The lowest BCUT2D eigenvalue weighted by molar-refractivity contribution is 0.134. The van der Waals surface area contributed by atoms with Crippen molar-refractivity contribution < 1.29 is 5.11 Å². The van der Waals surface area contributed by atoms with Crippen molar-refractivity contribution in [2.24, 2.45) is 0 Å². The first kappa shape index (κ1) is 13.4. The lowest BCUT2D eigenvalue weighted by Gasteiger charge is -2.25. The first-order valence-electron chi connectivity index (χ1n) is 6.37. The number of hydrogen-bond donors (Lipinski definition) is 1. The van der Waals surface area contributed by atoms with Crippen molar-refractivity contribution in [3.8, 4) is 0 Å². The Morgan fingerprint density at radius 2 is 1.32 bits per heavy atom. The monoisotopic (exact) mass is 250 g/mol. The van der Waals surface area contributed by atoms with Gasteiger partial charge in [-0.1, -0.05) is 60.7 Å². The molecule has 0 atom stereocenters. The van der Waals surface area contributed by atoms with Crippen LogP contribution in [0.25, 0.3) is 0 Å². The Labute approximate surface area is 114 Å². The maximum absolute atomic E-state index is 11.1. The van der Waals surface area contributed by atoms with Crippen LogP contribution in [0.2, 0.25) is 0 Å². The summed E-state index contributed by atoms with van der Waals surface area (Å²) in [6, 6.07) is 19.3. The molecule has 2 rings (SSSR count). The summed E-state index contributed by atoms with van der Waals surface area (Å²) in [6.45, 7) is 3.93. The van der Waals surface area contributed by atoms with Crippen LogP contribution in [-0.2, 0) is 5.60 Å². The Morgan fingerprint density at radius 1 is 0.895 bits per heavy atom. The molecule has 96 valence electrons. The molecule has 2 aromatic rings. The molecule has 0 aromatic heterocycles. The summed E-state index contributed by atoms with van der Waals surface area (Å²) in [7, 11) is 0. The van der Waals surface area contributed by atoms with E-state index in [9.17, 15) is 5.11 Å². The van der Waals surface area contributed by atoms with Crippen LogP contribution in [0.1, 0.15) is 25.0 Å². The standard InChI is InChI=1S/C18H18O/c1-15(2)13-14-18(19,16-9-5-3-6-10-16)17-11-7-4-8-12-17/h3-12,14,19H,1-2H3. The fourth-order valence-electron chi connectivity index (χ4n) is 1.97. The second-order valence-electron chi connectivity index (χ2n) is 4.79. The zero-order valence-corrected chi connectivity index (χ0v) is 11.3. The summed E-state index contributed by atoms with van der Waals surface area (Å²) >= 11 is 0. The van der Waals surface area contributed by atoms with E-state index < -0.39 is 5.60 Å². The van der Waals surface area contributed by atoms with Gasteiger partial charge in [-0.05, 0) is 36.6 Å². The molecule has 0 saturated heterocycles. The lowest BCUT2D eigenvalue weighted by Crippen LogP contribution is -2.24. The molecule has 1 N–H and O–H groups in total. The Kier molecular flexibility index (Phi) is 4.01. The van der Waals surface area contributed by atoms with Crippen molar-refractivity contribution >= 4 is 0 Å². The zero-order valence-electron chi connectivity index (χ0n) is 11.3. The van der Waals surface area contributed by atoms with Crippen LogP contribution in [-0.4, -0.2) is 5.11 Å². The summed E-state index contributed by atoms with van der Waals surface area (Å²) in [5, 5.41) is 11.1. The van der Waals surface area contributed by atoms with Gasteiger partial charge in [0.15, 0.2) is 0 Å². The topological polar surface area (TPSA) is 20.2 Å². The van der Waals surface area contributed by atoms with Crippen LogP contribution in [0.5, 0.6) is 0 Å². The molecule has 0 unspecified atom stereocenters. The minimum Gasteiger partial charge on any atom is -0.376 e. The van der Waals surface area contributed by atoms with Gasteiger partial charge in [0.1, 0.15) is 5.60 Å². The molecule has 1 nitrogen and oxygen atoms in total. The minimum atomic E-state index is -1.14. The Morgan fingerprint density at radius 3 is 1.68 bits per heavy atom. The van der Waals surface area contributed by atoms with Crippen molar-refractivity contribution in [1.29, 1.82) is 0 Å². The number of rotatable bonds is 3. The molecule has 1 heteroatoms. The normalized spacial score (nSPS) is 10.7. The highest BCUT2D eigenvalue weighted by Gasteiger charge is 2.28. The van der Waals surface area contributed by atoms with Crippen molar-refractivity contribution in [2.75, 3.05) is 0 Å². The highest BCUT2D eigenvalue weighted by Crippen LogP contribution is 2.30. The van der Waals surface area contributed by atoms with Crippen LogP contribution < -0.4 is 0 Å². The van der Waals surface area contributed by atoms with Gasteiger partial charge in [-0.15, -0.1) is 5.73 Å². The van der Waals surface area contributed by atoms with E-state index in [0.717, 1.165) is 16.7 Å². The fraction of sp³-hybridized carbons (Fsp3) is 0.167. The number of hydrogen-bond acceptors (Lipinski definition) is 1. The van der Waals surface area contributed by atoms with Crippen LogP contribution >= 0.6 is 0 Å². The lowest BCUT2D eigenvalue weighted by atomic mass is 9.86. The van der Waals surface area contributed by atoms with E-state index in [1.54, 1.807) is 6.08 Å². The van der Waals surface area contributed by atoms with E-state index in [0.29, 0.717) is 0 Å². The SMILES string of the molecule is CC(C)=C=CC(O)(c1ccccc1)c1ccccc1. The van der Waals surface area contributed by atoms with Gasteiger partial charge in [0.05, 0.1) is 0 Å².